The van der Waals surface area contributed by atoms with Gasteiger partial charge in [0.15, 0.2) is 0 Å². The maximum atomic E-state index is 5.91. The Hall–Kier alpha value is -1.03. The molecule has 1 aromatic heterocycles. The Morgan fingerprint density at radius 3 is 3.00 bits per heavy atom. The highest BCUT2D eigenvalue weighted by molar-refractivity contribution is 5.44. The molecule has 0 atom stereocenters. The van der Waals surface area contributed by atoms with Crippen LogP contribution in [-0.2, 0) is 20.0 Å². The zero-order valence-electron chi connectivity index (χ0n) is 8.25. The molecule has 4 heteroatoms. The number of nitrogens with zero attached hydrogens (tertiary/aromatic N) is 3. The standard InChI is InChI=1S/C9H16N4/c1-3-13-5-4-8-7(6-13)9(10)12(2)11-8/h3-6,10H2,1-2H3. The molecule has 2 heterocycles. The fourth-order valence-corrected chi connectivity index (χ4v) is 1.85. The fraction of sp³-hybridized carbons (Fsp3) is 0.667. The van der Waals surface area contributed by atoms with Crippen LogP contribution in [0, 0.1) is 0 Å². The summed E-state index contributed by atoms with van der Waals surface area (Å²) in [5, 5.41) is 4.38. The van der Waals surface area contributed by atoms with E-state index in [-0.39, 0.29) is 0 Å². The molecule has 0 bridgehead atoms. The number of aromatic nitrogens is 2. The van der Waals surface area contributed by atoms with Gasteiger partial charge in [-0.2, -0.15) is 5.10 Å². The van der Waals surface area contributed by atoms with Gasteiger partial charge < -0.3 is 5.73 Å². The van der Waals surface area contributed by atoms with Crippen molar-refractivity contribution in [3.63, 3.8) is 0 Å². The first-order valence-corrected chi connectivity index (χ1v) is 4.75. The van der Waals surface area contributed by atoms with E-state index in [2.05, 4.69) is 16.9 Å². The van der Waals surface area contributed by atoms with Crippen LogP contribution in [0.3, 0.4) is 0 Å². The summed E-state index contributed by atoms with van der Waals surface area (Å²) in [5.74, 6) is 0.827. The van der Waals surface area contributed by atoms with Gasteiger partial charge in [-0.3, -0.25) is 9.58 Å². The number of anilines is 1. The quantitative estimate of drug-likeness (QED) is 0.679. The first-order valence-electron chi connectivity index (χ1n) is 4.75. The molecule has 0 aliphatic carbocycles. The largest absolute Gasteiger partial charge is 0.384 e. The second kappa shape index (κ2) is 3.03. The van der Waals surface area contributed by atoms with Gasteiger partial charge in [0.05, 0.1) is 5.69 Å². The molecule has 0 aromatic carbocycles. The lowest BCUT2D eigenvalue weighted by Gasteiger charge is -2.24. The second-order valence-corrected chi connectivity index (χ2v) is 3.55. The Morgan fingerprint density at radius 2 is 2.31 bits per heavy atom. The van der Waals surface area contributed by atoms with Crippen molar-refractivity contribution in [3.05, 3.63) is 11.3 Å². The van der Waals surface area contributed by atoms with Gasteiger partial charge in [-0.1, -0.05) is 6.92 Å². The van der Waals surface area contributed by atoms with E-state index in [4.69, 9.17) is 5.73 Å². The van der Waals surface area contributed by atoms with Gasteiger partial charge in [0, 0.05) is 32.1 Å². The van der Waals surface area contributed by atoms with E-state index in [1.807, 2.05) is 7.05 Å². The van der Waals surface area contributed by atoms with Crippen LogP contribution in [0.2, 0.25) is 0 Å². The van der Waals surface area contributed by atoms with Crippen molar-refractivity contribution in [3.8, 4) is 0 Å². The lowest BCUT2D eigenvalue weighted by Crippen LogP contribution is -2.30. The topological polar surface area (TPSA) is 47.1 Å². The molecule has 0 saturated heterocycles. The highest BCUT2D eigenvalue weighted by Gasteiger charge is 2.20. The van der Waals surface area contributed by atoms with Crippen LogP contribution in [0.5, 0.6) is 0 Å². The summed E-state index contributed by atoms with van der Waals surface area (Å²) in [6.07, 6.45) is 1.04. The monoisotopic (exact) mass is 180 g/mol. The zero-order valence-corrected chi connectivity index (χ0v) is 8.25. The minimum absolute atomic E-state index is 0.827. The number of hydrogen-bond donors (Lipinski definition) is 1. The van der Waals surface area contributed by atoms with Gasteiger partial charge >= 0.3 is 0 Å². The number of nitrogen functional groups attached to an aromatic ring is 1. The Kier molecular flexibility index (Phi) is 2.00. The molecule has 2 rings (SSSR count). The van der Waals surface area contributed by atoms with E-state index in [9.17, 15) is 0 Å². The summed E-state index contributed by atoms with van der Waals surface area (Å²) < 4.78 is 1.78. The molecule has 0 radical (unpaired) electrons. The number of fused-ring (bicyclic) bond motifs is 1. The Balaban J connectivity index is 2.32. The summed E-state index contributed by atoms with van der Waals surface area (Å²) >= 11 is 0. The van der Waals surface area contributed by atoms with Crippen LogP contribution >= 0.6 is 0 Å². The highest BCUT2D eigenvalue weighted by Crippen LogP contribution is 2.22. The van der Waals surface area contributed by atoms with E-state index in [0.29, 0.717) is 0 Å². The van der Waals surface area contributed by atoms with Gasteiger partial charge in [0.2, 0.25) is 0 Å². The van der Waals surface area contributed by atoms with Crippen LogP contribution < -0.4 is 5.73 Å². The predicted molar refractivity (Wildman–Crippen MR) is 52.3 cm³/mol. The average Bonchev–Trinajstić information content (AvgIpc) is 2.43. The summed E-state index contributed by atoms with van der Waals surface area (Å²) in [6.45, 7) is 5.34. The SMILES string of the molecule is CCN1CCc2nn(C)c(N)c2C1. The van der Waals surface area contributed by atoms with Crippen LogP contribution in [-0.4, -0.2) is 27.8 Å². The molecule has 2 N–H and O–H groups in total. The molecule has 0 amide bonds. The Bertz CT molecular complexity index is 316. The van der Waals surface area contributed by atoms with Crippen molar-refractivity contribution in [1.29, 1.82) is 0 Å². The molecular formula is C9H16N4. The second-order valence-electron chi connectivity index (χ2n) is 3.55. The maximum absolute atomic E-state index is 5.91. The molecule has 72 valence electrons. The molecule has 1 aromatic rings. The number of likely N-dealkylation sites (N-methyl/N-ethyl adjacent to an activating group) is 1. The van der Waals surface area contributed by atoms with Gasteiger partial charge in [-0.15, -0.1) is 0 Å². The molecule has 0 fully saturated rings. The van der Waals surface area contributed by atoms with Crippen molar-refractivity contribution in [2.24, 2.45) is 7.05 Å². The minimum atomic E-state index is 0.827. The van der Waals surface area contributed by atoms with E-state index in [1.165, 1.54) is 11.3 Å². The summed E-state index contributed by atoms with van der Waals surface area (Å²) in [7, 11) is 1.91. The number of hydrogen-bond acceptors (Lipinski definition) is 3. The van der Waals surface area contributed by atoms with Crippen molar-refractivity contribution < 1.29 is 0 Å². The normalized spacial score (nSPS) is 17.4. The lowest BCUT2D eigenvalue weighted by atomic mass is 10.1. The van der Waals surface area contributed by atoms with Gasteiger partial charge in [0.25, 0.3) is 0 Å². The van der Waals surface area contributed by atoms with Crippen LogP contribution in [0.4, 0.5) is 5.82 Å². The molecule has 4 nitrogen and oxygen atoms in total. The first kappa shape index (κ1) is 8.56. The van der Waals surface area contributed by atoms with Crippen molar-refractivity contribution in [2.75, 3.05) is 18.8 Å². The van der Waals surface area contributed by atoms with Gasteiger partial charge in [-0.25, -0.2) is 0 Å². The molecule has 0 spiro atoms. The molecule has 1 aliphatic rings. The molecule has 13 heavy (non-hydrogen) atoms. The van der Waals surface area contributed by atoms with Crippen LogP contribution in [0.15, 0.2) is 0 Å². The zero-order chi connectivity index (χ0) is 9.42. The Morgan fingerprint density at radius 1 is 1.54 bits per heavy atom. The minimum Gasteiger partial charge on any atom is -0.384 e. The van der Waals surface area contributed by atoms with E-state index in [0.717, 1.165) is 31.9 Å². The van der Waals surface area contributed by atoms with Crippen LogP contribution in [0.1, 0.15) is 18.2 Å². The number of nitrogens with two attached hydrogens (primary N) is 1. The average molecular weight is 180 g/mol. The highest BCUT2D eigenvalue weighted by atomic mass is 15.3. The molecule has 1 aliphatic heterocycles. The maximum Gasteiger partial charge on any atom is 0.126 e. The van der Waals surface area contributed by atoms with E-state index in [1.54, 1.807) is 4.68 Å². The van der Waals surface area contributed by atoms with E-state index < -0.39 is 0 Å². The number of rotatable bonds is 1. The van der Waals surface area contributed by atoms with Crippen LogP contribution in [0.25, 0.3) is 0 Å². The predicted octanol–water partition coefficient (Wildman–Crippen LogP) is 0.380. The van der Waals surface area contributed by atoms with Gasteiger partial charge in [-0.05, 0) is 6.54 Å². The third-order valence-electron chi connectivity index (χ3n) is 2.77. The Labute approximate surface area is 78.3 Å². The van der Waals surface area contributed by atoms with Crippen molar-refractivity contribution >= 4 is 5.82 Å². The molecule has 0 unspecified atom stereocenters. The third-order valence-corrected chi connectivity index (χ3v) is 2.77. The third kappa shape index (κ3) is 1.31. The molecule has 0 saturated carbocycles. The van der Waals surface area contributed by atoms with Crippen molar-refractivity contribution in [1.82, 2.24) is 14.7 Å². The summed E-state index contributed by atoms with van der Waals surface area (Å²) in [4.78, 5) is 2.39. The van der Waals surface area contributed by atoms with Crippen molar-refractivity contribution in [2.45, 2.75) is 19.9 Å². The number of aryl methyl sites for hydroxylation is 1. The fourth-order valence-electron chi connectivity index (χ4n) is 1.85. The van der Waals surface area contributed by atoms with E-state index >= 15 is 0 Å². The molecular weight excluding hydrogens is 164 g/mol. The first-order chi connectivity index (χ1) is 6.22. The summed E-state index contributed by atoms with van der Waals surface area (Å²) in [6, 6.07) is 0. The smallest absolute Gasteiger partial charge is 0.126 e. The van der Waals surface area contributed by atoms with Gasteiger partial charge in [0.1, 0.15) is 5.82 Å². The lowest BCUT2D eigenvalue weighted by molar-refractivity contribution is 0.267. The summed E-state index contributed by atoms with van der Waals surface area (Å²) in [5.41, 5.74) is 8.33.